The summed E-state index contributed by atoms with van der Waals surface area (Å²) >= 11 is 0. The standard InChI is InChI=1S/C28H38F3N3O4S/c1-6-25(27(36)32-18-20(2)3)33(19-22-14-12-21(4)13-15-22)26(35)11-8-16-34(39(5,37)38)24-10-7-9-23(17-24)28(29,30)31/h7,9-10,12-15,17,20,25H,6,8,11,16,18-19H2,1-5H3,(H,32,36)/t25-/m0/s1. The van der Waals surface area contributed by atoms with Gasteiger partial charge in [-0.25, -0.2) is 8.42 Å². The predicted molar refractivity (Wildman–Crippen MR) is 147 cm³/mol. The smallest absolute Gasteiger partial charge is 0.354 e. The minimum Gasteiger partial charge on any atom is -0.354 e. The highest BCUT2D eigenvalue weighted by atomic mass is 32.2. The molecule has 2 aromatic rings. The van der Waals surface area contributed by atoms with Gasteiger partial charge in [-0.1, -0.05) is 56.7 Å². The van der Waals surface area contributed by atoms with Crippen LogP contribution in [0.3, 0.4) is 0 Å². The number of carbonyl (C=O) groups is 2. The quantitative estimate of drug-likeness (QED) is 0.362. The first-order valence-corrected chi connectivity index (χ1v) is 14.8. The van der Waals surface area contributed by atoms with Crippen molar-refractivity contribution >= 4 is 27.5 Å². The molecule has 0 saturated heterocycles. The van der Waals surface area contributed by atoms with Gasteiger partial charge in [0, 0.05) is 26.1 Å². The Morgan fingerprint density at radius 1 is 1.05 bits per heavy atom. The molecule has 2 aromatic carbocycles. The fourth-order valence-corrected chi connectivity index (χ4v) is 5.03. The van der Waals surface area contributed by atoms with Gasteiger partial charge in [0.25, 0.3) is 0 Å². The van der Waals surface area contributed by atoms with Crippen LogP contribution in [0, 0.1) is 12.8 Å². The van der Waals surface area contributed by atoms with Gasteiger partial charge in [-0.2, -0.15) is 13.2 Å². The second-order valence-corrected chi connectivity index (χ2v) is 12.0. The van der Waals surface area contributed by atoms with Crippen molar-refractivity contribution in [2.24, 2.45) is 5.92 Å². The highest BCUT2D eigenvalue weighted by molar-refractivity contribution is 7.92. The maximum atomic E-state index is 13.4. The number of sulfonamides is 1. The second kappa shape index (κ2) is 13.8. The van der Waals surface area contributed by atoms with E-state index in [4.69, 9.17) is 0 Å². The lowest BCUT2D eigenvalue weighted by molar-refractivity contribution is -0.141. The molecule has 0 radical (unpaired) electrons. The lowest BCUT2D eigenvalue weighted by Crippen LogP contribution is -2.49. The first-order chi connectivity index (χ1) is 18.1. The number of carbonyl (C=O) groups excluding carboxylic acids is 2. The lowest BCUT2D eigenvalue weighted by atomic mass is 10.1. The Morgan fingerprint density at radius 3 is 2.23 bits per heavy atom. The number of nitrogens with zero attached hydrogens (tertiary/aromatic N) is 2. The molecule has 0 bridgehead atoms. The van der Waals surface area contributed by atoms with Crippen LogP contribution in [0.4, 0.5) is 18.9 Å². The Morgan fingerprint density at radius 2 is 1.69 bits per heavy atom. The molecule has 39 heavy (non-hydrogen) atoms. The molecule has 1 N–H and O–H groups in total. The molecule has 2 amide bonds. The molecule has 0 heterocycles. The summed E-state index contributed by atoms with van der Waals surface area (Å²) < 4.78 is 65.3. The van der Waals surface area contributed by atoms with Crippen molar-refractivity contribution in [1.82, 2.24) is 10.2 Å². The molecule has 0 aliphatic heterocycles. The Labute approximate surface area is 229 Å². The maximum Gasteiger partial charge on any atom is 0.416 e. The summed E-state index contributed by atoms with van der Waals surface area (Å²) in [5.74, 6) is -0.390. The molecule has 0 aromatic heterocycles. The van der Waals surface area contributed by atoms with Gasteiger partial charge in [0.05, 0.1) is 17.5 Å². The third-order valence-corrected chi connectivity index (χ3v) is 7.35. The van der Waals surface area contributed by atoms with E-state index in [0.717, 1.165) is 39.9 Å². The number of aryl methyl sites for hydroxylation is 1. The second-order valence-electron chi connectivity index (χ2n) is 10.1. The Kier molecular flexibility index (Phi) is 11.4. The lowest BCUT2D eigenvalue weighted by Gasteiger charge is -2.31. The van der Waals surface area contributed by atoms with Crippen LogP contribution in [-0.2, 0) is 32.3 Å². The van der Waals surface area contributed by atoms with Gasteiger partial charge in [-0.05, 0) is 49.4 Å². The number of benzene rings is 2. The van der Waals surface area contributed by atoms with Gasteiger partial charge in [-0.15, -0.1) is 0 Å². The van der Waals surface area contributed by atoms with Crippen molar-refractivity contribution in [3.63, 3.8) is 0 Å². The molecule has 0 spiro atoms. The van der Waals surface area contributed by atoms with E-state index < -0.39 is 27.8 Å². The van der Waals surface area contributed by atoms with Crippen LogP contribution in [0.15, 0.2) is 48.5 Å². The van der Waals surface area contributed by atoms with Crippen LogP contribution in [-0.4, -0.2) is 50.5 Å². The van der Waals surface area contributed by atoms with E-state index in [0.29, 0.717) is 13.0 Å². The number of amides is 2. The zero-order chi connectivity index (χ0) is 29.4. The van der Waals surface area contributed by atoms with Crippen LogP contribution in [0.5, 0.6) is 0 Å². The van der Waals surface area contributed by atoms with Crippen LogP contribution in [0.2, 0.25) is 0 Å². The minimum absolute atomic E-state index is 0.0522. The van der Waals surface area contributed by atoms with Gasteiger partial charge >= 0.3 is 6.18 Å². The third-order valence-electron chi connectivity index (χ3n) is 6.16. The summed E-state index contributed by atoms with van der Waals surface area (Å²) in [6, 6.07) is 10.9. The number of hydrogen-bond donors (Lipinski definition) is 1. The average Bonchev–Trinajstić information content (AvgIpc) is 2.85. The van der Waals surface area contributed by atoms with E-state index in [2.05, 4.69) is 5.32 Å². The molecular weight excluding hydrogens is 531 g/mol. The van der Waals surface area contributed by atoms with Crippen LogP contribution < -0.4 is 9.62 Å². The first kappa shape index (κ1) is 32.1. The molecule has 11 heteroatoms. The Bertz CT molecular complexity index is 1220. The summed E-state index contributed by atoms with van der Waals surface area (Å²) in [6.45, 7) is 8.15. The van der Waals surface area contributed by atoms with Crippen molar-refractivity contribution in [1.29, 1.82) is 0 Å². The van der Waals surface area contributed by atoms with Crippen molar-refractivity contribution in [2.45, 2.75) is 65.7 Å². The molecule has 0 fully saturated rings. The third kappa shape index (κ3) is 9.87. The molecule has 0 aliphatic carbocycles. The number of alkyl halides is 3. The van der Waals surface area contributed by atoms with E-state index in [1.165, 1.54) is 11.0 Å². The maximum absolute atomic E-state index is 13.4. The number of hydrogen-bond acceptors (Lipinski definition) is 4. The van der Waals surface area contributed by atoms with Gasteiger partial charge < -0.3 is 10.2 Å². The van der Waals surface area contributed by atoms with E-state index in [9.17, 15) is 31.2 Å². The fourth-order valence-electron chi connectivity index (χ4n) is 4.07. The molecule has 216 valence electrons. The van der Waals surface area contributed by atoms with Crippen LogP contribution in [0.25, 0.3) is 0 Å². The van der Waals surface area contributed by atoms with Gasteiger partial charge in [0.1, 0.15) is 6.04 Å². The predicted octanol–water partition coefficient (Wildman–Crippen LogP) is 5.14. The zero-order valence-corrected chi connectivity index (χ0v) is 23.9. The molecule has 0 unspecified atom stereocenters. The Hall–Kier alpha value is -3.08. The molecule has 0 aliphatic rings. The topological polar surface area (TPSA) is 86.8 Å². The van der Waals surface area contributed by atoms with Crippen molar-refractivity contribution in [3.8, 4) is 0 Å². The zero-order valence-electron chi connectivity index (χ0n) is 23.1. The number of anilines is 1. The summed E-state index contributed by atoms with van der Waals surface area (Å²) in [5.41, 5.74) is 0.794. The van der Waals surface area contributed by atoms with Crippen molar-refractivity contribution in [3.05, 3.63) is 65.2 Å². The molecule has 2 rings (SSSR count). The van der Waals surface area contributed by atoms with E-state index in [1.54, 1.807) is 0 Å². The fraction of sp³-hybridized carbons (Fsp3) is 0.500. The van der Waals surface area contributed by atoms with Gasteiger partial charge in [0.2, 0.25) is 21.8 Å². The molecule has 1 atom stereocenters. The summed E-state index contributed by atoms with van der Waals surface area (Å²) in [5, 5.41) is 2.88. The summed E-state index contributed by atoms with van der Waals surface area (Å²) in [4.78, 5) is 27.9. The van der Waals surface area contributed by atoms with Crippen molar-refractivity contribution in [2.75, 3.05) is 23.7 Å². The molecule has 7 nitrogen and oxygen atoms in total. The van der Waals surface area contributed by atoms with Gasteiger partial charge in [-0.3, -0.25) is 13.9 Å². The average molecular weight is 570 g/mol. The van der Waals surface area contributed by atoms with E-state index in [-0.39, 0.29) is 49.4 Å². The Balaban J connectivity index is 2.25. The summed E-state index contributed by atoms with van der Waals surface area (Å²) in [7, 11) is -3.92. The minimum atomic E-state index is -4.63. The normalized spacial score (nSPS) is 12.7. The van der Waals surface area contributed by atoms with E-state index >= 15 is 0 Å². The SMILES string of the molecule is CC[C@@H](C(=O)NCC(C)C)N(Cc1ccc(C)cc1)C(=O)CCCN(c1cccc(C(F)(F)F)c1)S(C)(=O)=O. The van der Waals surface area contributed by atoms with Crippen LogP contribution in [0.1, 0.15) is 56.7 Å². The highest BCUT2D eigenvalue weighted by Gasteiger charge is 2.32. The number of halogens is 3. The monoisotopic (exact) mass is 569 g/mol. The number of nitrogens with one attached hydrogen (secondary N) is 1. The van der Waals surface area contributed by atoms with Crippen LogP contribution >= 0.6 is 0 Å². The van der Waals surface area contributed by atoms with Gasteiger partial charge in [0.15, 0.2) is 0 Å². The number of rotatable bonds is 13. The van der Waals surface area contributed by atoms with Crippen molar-refractivity contribution < 1.29 is 31.2 Å². The largest absolute Gasteiger partial charge is 0.416 e. The molecule has 0 saturated carbocycles. The molecular formula is C28H38F3N3O4S. The highest BCUT2D eigenvalue weighted by Crippen LogP contribution is 2.32. The first-order valence-electron chi connectivity index (χ1n) is 12.9. The summed E-state index contributed by atoms with van der Waals surface area (Å²) in [6.07, 6.45) is -3.38. The van der Waals surface area contributed by atoms with E-state index in [1.807, 2.05) is 52.0 Å².